The number of nitrogens with zero attached hydrogens (tertiary/aromatic N) is 1. The van der Waals surface area contributed by atoms with Crippen LogP contribution in [0.1, 0.15) is 66.7 Å². The SMILES string of the molecule is CCC(C)N1CC(CC2CC2)CC(NC(=O)C(C)(C)C)C1. The fourth-order valence-corrected chi connectivity index (χ4v) is 3.36. The van der Waals surface area contributed by atoms with Crippen LogP contribution in [0, 0.1) is 17.3 Å². The first kappa shape index (κ1) is 16.8. The van der Waals surface area contributed by atoms with Crippen LogP contribution in [-0.4, -0.2) is 36.0 Å². The smallest absolute Gasteiger partial charge is 0.225 e. The second-order valence-electron chi connectivity index (χ2n) is 8.41. The molecule has 1 saturated carbocycles. The molecule has 1 aliphatic heterocycles. The summed E-state index contributed by atoms with van der Waals surface area (Å²) in [6, 6.07) is 0.962. The first-order chi connectivity index (χ1) is 9.79. The third-order valence-corrected chi connectivity index (χ3v) is 5.16. The second kappa shape index (κ2) is 6.68. The summed E-state index contributed by atoms with van der Waals surface area (Å²) in [6.07, 6.45) is 6.59. The Kier molecular flexibility index (Phi) is 5.34. The van der Waals surface area contributed by atoms with Crippen molar-refractivity contribution in [1.82, 2.24) is 10.2 Å². The van der Waals surface area contributed by atoms with Crippen LogP contribution in [0.3, 0.4) is 0 Å². The first-order valence-electron chi connectivity index (χ1n) is 8.84. The summed E-state index contributed by atoms with van der Waals surface area (Å²) < 4.78 is 0. The van der Waals surface area contributed by atoms with Crippen molar-refractivity contribution in [2.24, 2.45) is 17.3 Å². The van der Waals surface area contributed by atoms with Crippen molar-refractivity contribution in [1.29, 1.82) is 0 Å². The van der Waals surface area contributed by atoms with Crippen LogP contribution in [-0.2, 0) is 4.79 Å². The number of hydrogen-bond acceptors (Lipinski definition) is 2. The molecule has 0 aromatic heterocycles. The topological polar surface area (TPSA) is 32.3 Å². The lowest BCUT2D eigenvalue weighted by atomic mass is 9.87. The van der Waals surface area contributed by atoms with Gasteiger partial charge in [0.2, 0.25) is 5.91 Å². The number of likely N-dealkylation sites (tertiary alicyclic amines) is 1. The molecule has 2 rings (SSSR count). The van der Waals surface area contributed by atoms with Crippen LogP contribution in [0.25, 0.3) is 0 Å². The largest absolute Gasteiger partial charge is 0.352 e. The Morgan fingerprint density at radius 1 is 1.24 bits per heavy atom. The maximum atomic E-state index is 12.3. The molecule has 0 aromatic rings. The van der Waals surface area contributed by atoms with Gasteiger partial charge in [0.1, 0.15) is 0 Å². The van der Waals surface area contributed by atoms with Crippen LogP contribution in [0.2, 0.25) is 0 Å². The lowest BCUT2D eigenvalue weighted by Crippen LogP contribution is -2.54. The third kappa shape index (κ3) is 4.98. The molecule has 3 unspecified atom stereocenters. The van der Waals surface area contributed by atoms with E-state index in [2.05, 4.69) is 24.1 Å². The molecule has 1 amide bonds. The van der Waals surface area contributed by atoms with E-state index in [1.54, 1.807) is 0 Å². The fourth-order valence-electron chi connectivity index (χ4n) is 3.36. The maximum absolute atomic E-state index is 12.3. The Morgan fingerprint density at radius 2 is 1.90 bits per heavy atom. The van der Waals surface area contributed by atoms with E-state index >= 15 is 0 Å². The highest BCUT2D eigenvalue weighted by Gasteiger charge is 2.35. The lowest BCUT2D eigenvalue weighted by Gasteiger charge is -2.41. The third-order valence-electron chi connectivity index (χ3n) is 5.16. The van der Waals surface area contributed by atoms with Gasteiger partial charge in [0.05, 0.1) is 0 Å². The Hall–Kier alpha value is -0.570. The first-order valence-corrected chi connectivity index (χ1v) is 8.84. The maximum Gasteiger partial charge on any atom is 0.225 e. The number of carbonyl (C=O) groups is 1. The monoisotopic (exact) mass is 294 g/mol. The van der Waals surface area contributed by atoms with E-state index in [9.17, 15) is 4.79 Å². The van der Waals surface area contributed by atoms with Gasteiger partial charge in [-0.1, -0.05) is 40.5 Å². The molecule has 0 bridgehead atoms. The molecule has 1 heterocycles. The highest BCUT2D eigenvalue weighted by atomic mass is 16.2. The van der Waals surface area contributed by atoms with Crippen LogP contribution in [0.5, 0.6) is 0 Å². The van der Waals surface area contributed by atoms with Crippen molar-refractivity contribution in [3.63, 3.8) is 0 Å². The van der Waals surface area contributed by atoms with Gasteiger partial charge in [0.25, 0.3) is 0 Å². The Balaban J connectivity index is 1.96. The van der Waals surface area contributed by atoms with E-state index in [4.69, 9.17) is 0 Å². The molecule has 2 fully saturated rings. The summed E-state index contributed by atoms with van der Waals surface area (Å²) >= 11 is 0. The summed E-state index contributed by atoms with van der Waals surface area (Å²) in [4.78, 5) is 14.9. The fraction of sp³-hybridized carbons (Fsp3) is 0.944. The van der Waals surface area contributed by atoms with E-state index in [-0.39, 0.29) is 11.3 Å². The molecule has 3 heteroatoms. The Morgan fingerprint density at radius 3 is 2.43 bits per heavy atom. The standard InChI is InChI=1S/C18H34N2O/c1-6-13(2)20-11-15(9-14-7-8-14)10-16(12-20)19-17(21)18(3,4)5/h13-16H,6-12H2,1-5H3,(H,19,21). The van der Waals surface area contributed by atoms with Gasteiger partial charge < -0.3 is 5.32 Å². The van der Waals surface area contributed by atoms with Crippen molar-refractivity contribution in [3.8, 4) is 0 Å². The van der Waals surface area contributed by atoms with Gasteiger partial charge in [-0.15, -0.1) is 0 Å². The van der Waals surface area contributed by atoms with E-state index < -0.39 is 0 Å². The predicted octanol–water partition coefficient (Wildman–Crippen LogP) is 3.44. The number of rotatable bonds is 5. The van der Waals surface area contributed by atoms with Crippen LogP contribution < -0.4 is 5.32 Å². The van der Waals surface area contributed by atoms with Crippen molar-refractivity contribution in [2.45, 2.75) is 78.8 Å². The van der Waals surface area contributed by atoms with Crippen LogP contribution in [0.4, 0.5) is 0 Å². The molecule has 122 valence electrons. The number of nitrogens with one attached hydrogen (secondary N) is 1. The van der Waals surface area contributed by atoms with Gasteiger partial charge in [-0.05, 0) is 38.0 Å². The normalized spacial score (nSPS) is 29.2. The predicted molar refractivity (Wildman–Crippen MR) is 88.2 cm³/mol. The molecule has 3 atom stereocenters. The average molecular weight is 294 g/mol. The van der Waals surface area contributed by atoms with Crippen molar-refractivity contribution in [3.05, 3.63) is 0 Å². The number of amides is 1. The van der Waals surface area contributed by atoms with Gasteiger partial charge in [-0.25, -0.2) is 0 Å². The Labute approximate surface area is 130 Å². The van der Waals surface area contributed by atoms with Gasteiger partial charge in [0.15, 0.2) is 0 Å². The van der Waals surface area contributed by atoms with E-state index in [1.807, 2.05) is 20.8 Å². The minimum atomic E-state index is -0.287. The molecule has 1 aliphatic carbocycles. The summed E-state index contributed by atoms with van der Waals surface area (Å²) in [5.74, 6) is 1.94. The quantitative estimate of drug-likeness (QED) is 0.842. The molecule has 0 radical (unpaired) electrons. The summed E-state index contributed by atoms with van der Waals surface area (Å²) in [6.45, 7) is 12.8. The molecule has 21 heavy (non-hydrogen) atoms. The molecule has 0 spiro atoms. The van der Waals surface area contributed by atoms with Crippen LogP contribution >= 0.6 is 0 Å². The van der Waals surface area contributed by atoms with E-state index in [0.717, 1.165) is 18.4 Å². The lowest BCUT2D eigenvalue weighted by molar-refractivity contribution is -0.129. The second-order valence-corrected chi connectivity index (χ2v) is 8.41. The molecule has 2 aliphatic rings. The molecule has 1 saturated heterocycles. The summed E-state index contributed by atoms with van der Waals surface area (Å²) in [5.41, 5.74) is -0.287. The van der Waals surface area contributed by atoms with Gasteiger partial charge >= 0.3 is 0 Å². The zero-order chi connectivity index (χ0) is 15.6. The van der Waals surface area contributed by atoms with E-state index in [1.165, 1.54) is 38.6 Å². The summed E-state index contributed by atoms with van der Waals surface area (Å²) in [5, 5.41) is 3.31. The molecule has 1 N–H and O–H groups in total. The number of hydrogen-bond donors (Lipinski definition) is 1. The molecular formula is C18H34N2O. The van der Waals surface area contributed by atoms with Gasteiger partial charge in [0, 0.05) is 30.6 Å². The van der Waals surface area contributed by atoms with Gasteiger partial charge in [-0.3, -0.25) is 9.69 Å². The average Bonchev–Trinajstić information content (AvgIpc) is 3.20. The summed E-state index contributed by atoms with van der Waals surface area (Å²) in [7, 11) is 0. The highest BCUT2D eigenvalue weighted by molar-refractivity contribution is 5.81. The number of piperidine rings is 1. The van der Waals surface area contributed by atoms with E-state index in [0.29, 0.717) is 12.1 Å². The zero-order valence-electron chi connectivity index (χ0n) is 14.6. The zero-order valence-corrected chi connectivity index (χ0v) is 14.6. The minimum absolute atomic E-state index is 0.198. The van der Waals surface area contributed by atoms with Crippen molar-refractivity contribution >= 4 is 5.91 Å². The molecular weight excluding hydrogens is 260 g/mol. The van der Waals surface area contributed by atoms with Crippen LogP contribution in [0.15, 0.2) is 0 Å². The number of carbonyl (C=O) groups excluding carboxylic acids is 1. The minimum Gasteiger partial charge on any atom is -0.352 e. The Bertz CT molecular complexity index is 357. The van der Waals surface area contributed by atoms with Crippen molar-refractivity contribution < 1.29 is 4.79 Å². The van der Waals surface area contributed by atoms with Crippen molar-refractivity contribution in [2.75, 3.05) is 13.1 Å². The molecule has 3 nitrogen and oxygen atoms in total. The highest BCUT2D eigenvalue weighted by Crippen LogP contribution is 2.38. The van der Waals surface area contributed by atoms with Gasteiger partial charge in [-0.2, -0.15) is 0 Å². The molecule has 0 aromatic carbocycles.